The lowest BCUT2D eigenvalue weighted by Crippen LogP contribution is -2.40. The second-order valence-corrected chi connectivity index (χ2v) is 6.63. The van der Waals surface area contributed by atoms with Gasteiger partial charge in [0, 0.05) is 18.0 Å². The molecule has 0 aromatic carbocycles. The van der Waals surface area contributed by atoms with Crippen LogP contribution in [0.15, 0.2) is 42.6 Å². The van der Waals surface area contributed by atoms with E-state index in [-0.39, 0.29) is 22.7 Å². The predicted molar refractivity (Wildman–Crippen MR) is 101 cm³/mol. The molecule has 0 atom stereocenters. The van der Waals surface area contributed by atoms with Crippen molar-refractivity contribution in [2.75, 3.05) is 23.8 Å². The minimum Gasteiger partial charge on any atom is -0.377 e. The fourth-order valence-electron chi connectivity index (χ4n) is 2.57. The summed E-state index contributed by atoms with van der Waals surface area (Å²) in [5, 5.41) is 6.34. The zero-order chi connectivity index (χ0) is 20.4. The van der Waals surface area contributed by atoms with Crippen molar-refractivity contribution >= 4 is 28.9 Å². The van der Waals surface area contributed by atoms with Crippen LogP contribution in [0.2, 0.25) is 5.15 Å². The average molecular weight is 423 g/mol. The normalized spacial score (nSPS) is 14.3. The molecule has 0 bridgehead atoms. The molecule has 0 aliphatic carbocycles. The maximum atomic E-state index is 12.9. The molecule has 1 aliphatic rings. The zero-order valence-electron chi connectivity index (χ0n) is 14.7. The van der Waals surface area contributed by atoms with Crippen molar-refractivity contribution in [3.63, 3.8) is 0 Å². The first kappa shape index (κ1) is 19.3. The third-order valence-electron chi connectivity index (χ3n) is 3.98. The molecule has 150 valence electrons. The fraction of sp³-hybridized carbons (Fsp3) is 0.222. The Labute approximate surface area is 168 Å². The summed E-state index contributed by atoms with van der Waals surface area (Å²) in [7, 11) is 0. The van der Waals surface area contributed by atoms with Gasteiger partial charge in [-0.1, -0.05) is 17.7 Å². The second-order valence-electron chi connectivity index (χ2n) is 6.24. The predicted octanol–water partition coefficient (Wildman–Crippen LogP) is 4.16. The Balaban J connectivity index is 1.68. The maximum Gasteiger partial charge on any atom is 0.433 e. The topological polar surface area (TPSA) is 84.9 Å². The first-order chi connectivity index (χ1) is 13.9. The Morgan fingerprint density at radius 3 is 2.52 bits per heavy atom. The molecule has 0 spiro atoms. The van der Waals surface area contributed by atoms with Crippen molar-refractivity contribution in [1.82, 2.24) is 19.9 Å². The lowest BCUT2D eigenvalue weighted by Gasteiger charge is -2.27. The van der Waals surface area contributed by atoms with Crippen LogP contribution in [-0.4, -0.2) is 39.2 Å². The number of ether oxygens (including phenoxy) is 1. The number of alkyl halides is 3. The van der Waals surface area contributed by atoms with E-state index in [1.165, 1.54) is 6.07 Å². The number of nitrogens with one attached hydrogen (secondary N) is 2. The monoisotopic (exact) mass is 422 g/mol. The molecule has 0 radical (unpaired) electrons. The van der Waals surface area contributed by atoms with Gasteiger partial charge >= 0.3 is 6.18 Å². The van der Waals surface area contributed by atoms with E-state index in [1.54, 1.807) is 24.3 Å². The summed E-state index contributed by atoms with van der Waals surface area (Å²) in [4.78, 5) is 16.3. The van der Waals surface area contributed by atoms with Crippen LogP contribution in [0, 0.1) is 0 Å². The van der Waals surface area contributed by atoms with Crippen LogP contribution < -0.4 is 10.6 Å². The molecule has 7 nitrogen and oxygen atoms in total. The quantitative estimate of drug-likeness (QED) is 0.597. The molecule has 29 heavy (non-hydrogen) atoms. The summed E-state index contributed by atoms with van der Waals surface area (Å²) < 4.78 is 43.9. The van der Waals surface area contributed by atoms with Gasteiger partial charge in [-0.05, 0) is 24.3 Å². The highest BCUT2D eigenvalue weighted by Gasteiger charge is 2.32. The molecule has 4 rings (SSSR count). The van der Waals surface area contributed by atoms with Gasteiger partial charge in [0.25, 0.3) is 0 Å². The molecular weight excluding hydrogens is 409 g/mol. The third-order valence-corrected chi connectivity index (χ3v) is 4.19. The first-order valence-electron chi connectivity index (χ1n) is 8.53. The smallest absolute Gasteiger partial charge is 0.377 e. The van der Waals surface area contributed by atoms with E-state index in [1.807, 2.05) is 0 Å². The number of rotatable bonds is 5. The number of pyridine rings is 2. The molecule has 0 amide bonds. The summed E-state index contributed by atoms with van der Waals surface area (Å²) in [6.45, 7) is 1.08. The van der Waals surface area contributed by atoms with E-state index >= 15 is 0 Å². The minimum absolute atomic E-state index is 0.0932. The van der Waals surface area contributed by atoms with Crippen LogP contribution in [-0.2, 0) is 10.9 Å². The average Bonchev–Trinajstić information content (AvgIpc) is 2.64. The Kier molecular flexibility index (Phi) is 5.20. The van der Waals surface area contributed by atoms with Crippen LogP contribution in [0.5, 0.6) is 0 Å². The maximum absolute atomic E-state index is 12.9. The highest BCUT2D eigenvalue weighted by atomic mass is 35.5. The molecule has 0 saturated carbocycles. The number of hydrogen-bond acceptors (Lipinski definition) is 7. The fourth-order valence-corrected chi connectivity index (χ4v) is 2.74. The summed E-state index contributed by atoms with van der Waals surface area (Å²) in [6.07, 6.45) is -3.47. The number of hydrogen-bond donors (Lipinski definition) is 2. The van der Waals surface area contributed by atoms with Gasteiger partial charge in [-0.25, -0.2) is 15.0 Å². The number of anilines is 3. The highest BCUT2D eigenvalue weighted by Crippen LogP contribution is 2.30. The van der Waals surface area contributed by atoms with Gasteiger partial charge in [0.15, 0.2) is 5.82 Å². The van der Waals surface area contributed by atoms with E-state index in [0.29, 0.717) is 30.5 Å². The second kappa shape index (κ2) is 7.80. The van der Waals surface area contributed by atoms with Gasteiger partial charge in [0.05, 0.1) is 19.3 Å². The van der Waals surface area contributed by atoms with E-state index in [2.05, 4.69) is 30.6 Å². The highest BCUT2D eigenvalue weighted by molar-refractivity contribution is 6.29. The number of nitrogens with zero attached hydrogens (tertiary/aromatic N) is 4. The minimum atomic E-state index is -4.55. The van der Waals surface area contributed by atoms with Crippen LogP contribution in [0.25, 0.3) is 11.5 Å². The van der Waals surface area contributed by atoms with Gasteiger partial charge < -0.3 is 15.4 Å². The molecule has 2 N–H and O–H groups in total. The van der Waals surface area contributed by atoms with Crippen LogP contribution in [0.1, 0.15) is 5.69 Å². The number of aromatic nitrogens is 4. The van der Waals surface area contributed by atoms with E-state index in [4.69, 9.17) is 16.3 Å². The Bertz CT molecular complexity index is 1030. The van der Waals surface area contributed by atoms with E-state index in [9.17, 15) is 13.2 Å². The van der Waals surface area contributed by atoms with Crippen LogP contribution in [0.4, 0.5) is 30.5 Å². The summed E-state index contributed by atoms with van der Waals surface area (Å²) >= 11 is 5.95. The largest absolute Gasteiger partial charge is 0.433 e. The van der Waals surface area contributed by atoms with Crippen molar-refractivity contribution < 1.29 is 17.9 Å². The summed E-state index contributed by atoms with van der Waals surface area (Å²) in [5.41, 5.74) is -0.382. The number of halogens is 4. The molecular formula is C18H14ClF3N6O. The van der Waals surface area contributed by atoms with Crippen molar-refractivity contribution in [3.8, 4) is 11.5 Å². The molecule has 3 aromatic rings. The van der Waals surface area contributed by atoms with Crippen molar-refractivity contribution in [3.05, 3.63) is 53.4 Å². The van der Waals surface area contributed by atoms with Crippen molar-refractivity contribution in [2.24, 2.45) is 0 Å². The Morgan fingerprint density at radius 2 is 1.83 bits per heavy atom. The van der Waals surface area contributed by atoms with E-state index < -0.39 is 11.9 Å². The molecule has 11 heteroatoms. The van der Waals surface area contributed by atoms with Gasteiger partial charge in [-0.2, -0.15) is 13.2 Å². The third kappa shape index (κ3) is 4.72. The summed E-state index contributed by atoms with van der Waals surface area (Å²) in [6, 6.07) is 9.03. The SMILES string of the molecule is FC(F)(F)c1cc(Nc2cc(NC3COC3)nc(-c3cccc(Cl)n3)n2)ccn1. The van der Waals surface area contributed by atoms with E-state index in [0.717, 1.165) is 12.3 Å². The standard InChI is InChI=1S/C18H14ClF3N6O/c19-14-3-1-2-12(26-14)17-27-15(7-16(28-17)25-11-8-29-9-11)24-10-4-5-23-13(6-10)18(20,21)22/h1-7,11H,8-9H2,(H2,23,24,25,27,28). The van der Waals surface area contributed by atoms with Gasteiger partial charge in [-0.15, -0.1) is 0 Å². The Hall–Kier alpha value is -2.98. The van der Waals surface area contributed by atoms with Crippen LogP contribution >= 0.6 is 11.6 Å². The Morgan fingerprint density at radius 1 is 1.03 bits per heavy atom. The molecule has 0 unspecified atom stereocenters. The summed E-state index contributed by atoms with van der Waals surface area (Å²) in [5.74, 6) is 1.04. The zero-order valence-corrected chi connectivity index (χ0v) is 15.5. The lowest BCUT2D eigenvalue weighted by atomic mass is 10.2. The van der Waals surface area contributed by atoms with Crippen LogP contribution in [0.3, 0.4) is 0 Å². The van der Waals surface area contributed by atoms with Gasteiger partial charge in [0.2, 0.25) is 0 Å². The molecule has 1 aliphatic heterocycles. The molecule has 4 heterocycles. The van der Waals surface area contributed by atoms with Crippen molar-refractivity contribution in [1.29, 1.82) is 0 Å². The van der Waals surface area contributed by atoms with Gasteiger partial charge in [0.1, 0.15) is 28.2 Å². The lowest BCUT2D eigenvalue weighted by molar-refractivity contribution is -0.141. The van der Waals surface area contributed by atoms with Crippen molar-refractivity contribution in [2.45, 2.75) is 12.2 Å². The molecule has 1 saturated heterocycles. The molecule has 3 aromatic heterocycles. The molecule has 1 fully saturated rings. The first-order valence-corrected chi connectivity index (χ1v) is 8.91. The van der Waals surface area contributed by atoms with Gasteiger partial charge in [-0.3, -0.25) is 4.98 Å².